The quantitative estimate of drug-likeness (QED) is 0.263. The van der Waals surface area contributed by atoms with Crippen molar-refractivity contribution in [2.75, 3.05) is 0 Å². The van der Waals surface area contributed by atoms with Crippen LogP contribution in [0.3, 0.4) is 0 Å². The van der Waals surface area contributed by atoms with Crippen LogP contribution in [0, 0.1) is 0 Å². The number of ether oxygens (including phenoxy) is 1. The number of benzene rings is 3. The molecule has 0 atom stereocenters. The second-order valence-corrected chi connectivity index (χ2v) is 8.98. The van der Waals surface area contributed by atoms with Crippen LogP contribution in [0.4, 0.5) is 0 Å². The number of hydrogen-bond acceptors (Lipinski definition) is 3. The maximum absolute atomic E-state index is 6.13. The van der Waals surface area contributed by atoms with Gasteiger partial charge in [-0.1, -0.05) is 62.4 Å². The Hall–Kier alpha value is -4.44. The molecule has 6 aromatic rings. The van der Waals surface area contributed by atoms with E-state index in [1.807, 2.05) is 48.7 Å². The molecule has 0 aliphatic rings. The Morgan fingerprint density at radius 3 is 2.34 bits per heavy atom. The first kappa shape index (κ1) is 21.1. The monoisotopic (exact) mass is 455 g/mol. The third-order valence-electron chi connectivity index (χ3n) is 6.37. The third kappa shape index (κ3) is 3.93. The summed E-state index contributed by atoms with van der Waals surface area (Å²) in [4.78, 5) is 9.04. The van der Waals surface area contributed by atoms with Crippen molar-refractivity contribution in [3.05, 3.63) is 115 Å². The predicted octanol–water partition coefficient (Wildman–Crippen LogP) is 8.16. The van der Waals surface area contributed by atoms with Gasteiger partial charge in [-0.05, 0) is 65.1 Å². The van der Waals surface area contributed by atoms with Gasteiger partial charge < -0.3 is 4.74 Å². The fourth-order valence-corrected chi connectivity index (χ4v) is 4.58. The Kier molecular flexibility index (Phi) is 5.27. The summed E-state index contributed by atoms with van der Waals surface area (Å²) >= 11 is 0. The zero-order chi connectivity index (χ0) is 23.8. The summed E-state index contributed by atoms with van der Waals surface area (Å²) in [5, 5.41) is 2.42. The molecule has 3 heterocycles. The Bertz CT molecular complexity index is 1650. The third-order valence-corrected chi connectivity index (χ3v) is 6.37. The van der Waals surface area contributed by atoms with Crippen molar-refractivity contribution < 1.29 is 4.74 Å². The maximum Gasteiger partial charge on any atom is 0.219 e. The van der Waals surface area contributed by atoms with E-state index >= 15 is 0 Å². The van der Waals surface area contributed by atoms with Gasteiger partial charge in [-0.3, -0.25) is 4.57 Å². The van der Waals surface area contributed by atoms with Gasteiger partial charge in [-0.25, -0.2) is 9.97 Å². The molecule has 0 bridgehead atoms. The van der Waals surface area contributed by atoms with E-state index in [-0.39, 0.29) is 0 Å². The number of aromatic nitrogens is 3. The highest BCUT2D eigenvalue weighted by Gasteiger charge is 2.14. The number of para-hydroxylation sites is 1. The van der Waals surface area contributed by atoms with Crippen molar-refractivity contribution >= 4 is 21.8 Å². The number of fused-ring (bicyclic) bond motifs is 3. The number of rotatable bonds is 5. The van der Waals surface area contributed by atoms with Gasteiger partial charge in [-0.15, -0.1) is 0 Å². The standard InChI is InChI=1S/C31H25N3O/c1-21(2)22-15-17-33-31(20-22)35-25-9-7-8-23(18-25)24-13-14-27-26-10-3-4-11-28(26)34(29(27)19-24)30-12-5-6-16-32-30/h3-21H,1-2H3. The van der Waals surface area contributed by atoms with Crippen molar-refractivity contribution in [1.82, 2.24) is 14.5 Å². The van der Waals surface area contributed by atoms with Gasteiger partial charge in [0, 0.05) is 29.2 Å². The molecule has 4 heteroatoms. The van der Waals surface area contributed by atoms with E-state index in [4.69, 9.17) is 4.74 Å². The van der Waals surface area contributed by atoms with E-state index in [0.29, 0.717) is 11.8 Å². The molecule has 0 amide bonds. The fourth-order valence-electron chi connectivity index (χ4n) is 4.58. The van der Waals surface area contributed by atoms with Crippen molar-refractivity contribution in [2.24, 2.45) is 0 Å². The van der Waals surface area contributed by atoms with E-state index in [0.717, 1.165) is 33.7 Å². The second-order valence-electron chi connectivity index (χ2n) is 8.98. The van der Waals surface area contributed by atoms with Gasteiger partial charge in [0.25, 0.3) is 0 Å². The molecular formula is C31H25N3O. The highest BCUT2D eigenvalue weighted by Crippen LogP contribution is 2.35. The van der Waals surface area contributed by atoms with Crippen LogP contribution < -0.4 is 4.74 Å². The van der Waals surface area contributed by atoms with Gasteiger partial charge in [-0.2, -0.15) is 0 Å². The first-order chi connectivity index (χ1) is 17.2. The van der Waals surface area contributed by atoms with Crippen LogP contribution in [0.1, 0.15) is 25.3 Å². The van der Waals surface area contributed by atoms with Crippen LogP contribution in [0.2, 0.25) is 0 Å². The van der Waals surface area contributed by atoms with E-state index in [2.05, 4.69) is 83.0 Å². The molecule has 0 fully saturated rings. The second kappa shape index (κ2) is 8.73. The van der Waals surface area contributed by atoms with Gasteiger partial charge in [0.15, 0.2) is 0 Å². The summed E-state index contributed by atoms with van der Waals surface area (Å²) in [6, 6.07) is 33.3. The summed E-state index contributed by atoms with van der Waals surface area (Å²) in [5.74, 6) is 2.70. The minimum Gasteiger partial charge on any atom is -0.439 e. The molecule has 170 valence electrons. The molecule has 0 radical (unpaired) electrons. The minimum absolute atomic E-state index is 0.421. The lowest BCUT2D eigenvalue weighted by atomic mass is 10.0. The average Bonchev–Trinajstić information content (AvgIpc) is 3.23. The molecule has 0 unspecified atom stereocenters. The molecule has 3 aromatic carbocycles. The molecule has 0 N–H and O–H groups in total. The topological polar surface area (TPSA) is 39.9 Å². The number of nitrogens with zero attached hydrogens (tertiary/aromatic N) is 3. The zero-order valence-electron chi connectivity index (χ0n) is 19.7. The Morgan fingerprint density at radius 1 is 0.657 bits per heavy atom. The molecule has 6 rings (SSSR count). The van der Waals surface area contributed by atoms with Crippen LogP contribution >= 0.6 is 0 Å². The molecule has 3 aromatic heterocycles. The summed E-state index contributed by atoms with van der Waals surface area (Å²) < 4.78 is 8.37. The van der Waals surface area contributed by atoms with Crippen molar-refractivity contribution in [3.63, 3.8) is 0 Å². The van der Waals surface area contributed by atoms with Crippen LogP contribution in [0.15, 0.2) is 109 Å². The zero-order valence-corrected chi connectivity index (χ0v) is 19.7. The Balaban J connectivity index is 1.44. The first-order valence-corrected chi connectivity index (χ1v) is 11.9. The van der Waals surface area contributed by atoms with Crippen LogP contribution in [-0.2, 0) is 0 Å². The molecule has 0 aliphatic carbocycles. The Morgan fingerprint density at radius 2 is 1.49 bits per heavy atom. The first-order valence-electron chi connectivity index (χ1n) is 11.9. The number of pyridine rings is 2. The average molecular weight is 456 g/mol. The Labute approximate surface area is 204 Å². The predicted molar refractivity (Wildman–Crippen MR) is 142 cm³/mol. The lowest BCUT2D eigenvalue weighted by Gasteiger charge is -2.11. The SMILES string of the molecule is CC(C)c1ccnc(Oc2cccc(-c3ccc4c5ccccc5n(-c5ccccn5)c4c3)c2)c1. The van der Waals surface area contributed by atoms with Crippen LogP contribution in [0.25, 0.3) is 38.8 Å². The van der Waals surface area contributed by atoms with Gasteiger partial charge in [0.2, 0.25) is 5.88 Å². The molecule has 0 spiro atoms. The smallest absolute Gasteiger partial charge is 0.219 e. The van der Waals surface area contributed by atoms with Crippen LogP contribution in [-0.4, -0.2) is 14.5 Å². The lowest BCUT2D eigenvalue weighted by Crippen LogP contribution is -1.96. The number of hydrogen-bond donors (Lipinski definition) is 0. The van der Waals surface area contributed by atoms with E-state index in [9.17, 15) is 0 Å². The van der Waals surface area contributed by atoms with E-state index in [1.54, 1.807) is 6.20 Å². The van der Waals surface area contributed by atoms with E-state index < -0.39 is 0 Å². The summed E-state index contributed by atoms with van der Waals surface area (Å²) in [5.41, 5.74) is 5.68. The summed E-state index contributed by atoms with van der Waals surface area (Å²) in [6.45, 7) is 4.33. The van der Waals surface area contributed by atoms with Crippen molar-refractivity contribution in [1.29, 1.82) is 0 Å². The van der Waals surface area contributed by atoms with Crippen LogP contribution in [0.5, 0.6) is 11.6 Å². The molecule has 0 saturated heterocycles. The highest BCUT2D eigenvalue weighted by atomic mass is 16.5. The van der Waals surface area contributed by atoms with Crippen molar-refractivity contribution in [3.8, 4) is 28.6 Å². The van der Waals surface area contributed by atoms with Gasteiger partial charge in [0.05, 0.1) is 11.0 Å². The normalized spacial score (nSPS) is 11.4. The van der Waals surface area contributed by atoms with Crippen molar-refractivity contribution in [2.45, 2.75) is 19.8 Å². The maximum atomic E-state index is 6.13. The summed E-state index contributed by atoms with van der Waals surface area (Å²) in [6.07, 6.45) is 3.64. The van der Waals surface area contributed by atoms with Gasteiger partial charge >= 0.3 is 0 Å². The highest BCUT2D eigenvalue weighted by molar-refractivity contribution is 6.10. The van der Waals surface area contributed by atoms with E-state index in [1.165, 1.54) is 16.3 Å². The molecule has 0 aliphatic heterocycles. The molecule has 0 saturated carbocycles. The fraction of sp³-hybridized carbons (Fsp3) is 0.0968. The molecule has 35 heavy (non-hydrogen) atoms. The molecule has 4 nitrogen and oxygen atoms in total. The summed E-state index contributed by atoms with van der Waals surface area (Å²) in [7, 11) is 0. The van der Waals surface area contributed by atoms with Gasteiger partial charge in [0.1, 0.15) is 11.6 Å². The minimum atomic E-state index is 0.421. The largest absolute Gasteiger partial charge is 0.439 e. The lowest BCUT2D eigenvalue weighted by molar-refractivity contribution is 0.462. The molecular weight excluding hydrogens is 430 g/mol.